The van der Waals surface area contributed by atoms with E-state index in [0.717, 1.165) is 31.7 Å². The molecule has 0 bridgehead atoms. The van der Waals surface area contributed by atoms with E-state index in [-0.39, 0.29) is 19.2 Å². The second-order valence-electron chi connectivity index (χ2n) is 5.44. The van der Waals surface area contributed by atoms with Crippen molar-refractivity contribution >= 4 is 0 Å². The van der Waals surface area contributed by atoms with Crippen molar-refractivity contribution < 1.29 is 18.3 Å². The zero-order chi connectivity index (χ0) is 14.6. The van der Waals surface area contributed by atoms with E-state index in [9.17, 15) is 13.2 Å². The Kier molecular flexibility index (Phi) is 5.05. The van der Waals surface area contributed by atoms with Crippen LogP contribution in [0.3, 0.4) is 0 Å². The van der Waals surface area contributed by atoms with E-state index in [1.165, 1.54) is 12.1 Å². The maximum atomic E-state index is 12.9. The van der Waals surface area contributed by atoms with Gasteiger partial charge in [-0.3, -0.25) is 0 Å². The van der Waals surface area contributed by atoms with Crippen molar-refractivity contribution in [1.29, 1.82) is 0 Å². The van der Waals surface area contributed by atoms with Gasteiger partial charge in [-0.1, -0.05) is 18.2 Å². The van der Waals surface area contributed by atoms with E-state index in [2.05, 4.69) is 5.32 Å². The van der Waals surface area contributed by atoms with Crippen LogP contribution in [0.25, 0.3) is 0 Å². The van der Waals surface area contributed by atoms with Crippen LogP contribution in [0.5, 0.6) is 0 Å². The molecule has 2 nitrogen and oxygen atoms in total. The van der Waals surface area contributed by atoms with Gasteiger partial charge in [0.25, 0.3) is 0 Å². The third-order valence-corrected chi connectivity index (χ3v) is 4.01. The van der Waals surface area contributed by atoms with E-state index < -0.39 is 11.7 Å². The molecule has 0 amide bonds. The standard InChI is InChI=1S/C15H20F3NO/c16-15(17,18)14-4-2-1-3-12(14)9-19-13-7-5-11(10-20)6-8-13/h1-4,11,13,19-20H,5-10H2. The molecule has 1 aromatic carbocycles. The summed E-state index contributed by atoms with van der Waals surface area (Å²) < 4.78 is 38.6. The molecule has 0 aliphatic heterocycles. The fourth-order valence-corrected chi connectivity index (χ4v) is 2.75. The lowest BCUT2D eigenvalue weighted by molar-refractivity contribution is -0.138. The normalized spacial score (nSPS) is 23.8. The minimum Gasteiger partial charge on any atom is -0.396 e. The molecule has 0 aromatic heterocycles. The first-order valence-electron chi connectivity index (χ1n) is 7.00. The van der Waals surface area contributed by atoms with E-state index in [4.69, 9.17) is 5.11 Å². The van der Waals surface area contributed by atoms with Crippen LogP contribution < -0.4 is 5.32 Å². The number of hydrogen-bond acceptors (Lipinski definition) is 2. The molecule has 0 radical (unpaired) electrons. The summed E-state index contributed by atoms with van der Waals surface area (Å²) in [6.07, 6.45) is -0.587. The highest BCUT2D eigenvalue weighted by Gasteiger charge is 2.32. The fourth-order valence-electron chi connectivity index (χ4n) is 2.75. The highest BCUT2D eigenvalue weighted by atomic mass is 19.4. The molecule has 1 aromatic rings. The van der Waals surface area contributed by atoms with Crippen molar-refractivity contribution in [2.45, 2.75) is 44.4 Å². The van der Waals surface area contributed by atoms with Crippen LogP contribution in [-0.4, -0.2) is 17.8 Å². The first-order chi connectivity index (χ1) is 9.50. The van der Waals surface area contributed by atoms with E-state index in [1.54, 1.807) is 6.07 Å². The number of benzene rings is 1. The zero-order valence-electron chi connectivity index (χ0n) is 11.3. The lowest BCUT2D eigenvalue weighted by Crippen LogP contribution is -2.34. The van der Waals surface area contributed by atoms with Crippen LogP contribution in [0, 0.1) is 5.92 Å². The fraction of sp³-hybridized carbons (Fsp3) is 0.600. The van der Waals surface area contributed by atoms with Crippen LogP contribution in [0.15, 0.2) is 24.3 Å². The third-order valence-electron chi connectivity index (χ3n) is 4.01. The first-order valence-corrected chi connectivity index (χ1v) is 7.00. The minimum absolute atomic E-state index is 0.212. The van der Waals surface area contributed by atoms with Gasteiger partial charge < -0.3 is 10.4 Å². The Hall–Kier alpha value is -1.07. The van der Waals surface area contributed by atoms with Gasteiger partial charge in [0.15, 0.2) is 0 Å². The van der Waals surface area contributed by atoms with Crippen LogP contribution in [-0.2, 0) is 12.7 Å². The second kappa shape index (κ2) is 6.59. The van der Waals surface area contributed by atoms with Gasteiger partial charge in [0, 0.05) is 19.2 Å². The van der Waals surface area contributed by atoms with Gasteiger partial charge in [0.1, 0.15) is 0 Å². The van der Waals surface area contributed by atoms with E-state index >= 15 is 0 Å². The first kappa shape index (κ1) is 15.3. The van der Waals surface area contributed by atoms with Crippen LogP contribution in [0.1, 0.15) is 36.8 Å². The monoisotopic (exact) mass is 287 g/mol. The Balaban J connectivity index is 1.92. The molecule has 5 heteroatoms. The largest absolute Gasteiger partial charge is 0.416 e. The molecule has 112 valence electrons. The van der Waals surface area contributed by atoms with Crippen molar-refractivity contribution in [3.05, 3.63) is 35.4 Å². The molecule has 1 aliphatic carbocycles. The summed E-state index contributed by atoms with van der Waals surface area (Å²) in [5.41, 5.74) is -0.263. The van der Waals surface area contributed by atoms with Crippen molar-refractivity contribution in [3.8, 4) is 0 Å². The highest BCUT2D eigenvalue weighted by molar-refractivity contribution is 5.29. The molecule has 0 spiro atoms. The van der Waals surface area contributed by atoms with Crippen molar-refractivity contribution in [3.63, 3.8) is 0 Å². The third kappa shape index (κ3) is 3.96. The van der Waals surface area contributed by atoms with Gasteiger partial charge in [-0.25, -0.2) is 0 Å². The predicted molar refractivity (Wildman–Crippen MR) is 71.1 cm³/mol. The Bertz CT molecular complexity index is 425. The smallest absolute Gasteiger partial charge is 0.396 e. The van der Waals surface area contributed by atoms with Crippen LogP contribution >= 0.6 is 0 Å². The summed E-state index contributed by atoms with van der Waals surface area (Å²) in [6.45, 7) is 0.452. The molecule has 2 N–H and O–H groups in total. The molecule has 1 aliphatic rings. The summed E-state index contributed by atoms with van der Waals surface area (Å²) in [6, 6.07) is 5.95. The number of rotatable bonds is 4. The molecule has 0 heterocycles. The quantitative estimate of drug-likeness (QED) is 0.890. The van der Waals surface area contributed by atoms with E-state index in [1.807, 2.05) is 0 Å². The average Bonchev–Trinajstić information content (AvgIpc) is 2.45. The maximum Gasteiger partial charge on any atom is 0.416 e. The van der Waals surface area contributed by atoms with Gasteiger partial charge in [-0.05, 0) is 43.2 Å². The van der Waals surface area contributed by atoms with Crippen LogP contribution in [0.4, 0.5) is 13.2 Å². The number of halogens is 3. The maximum absolute atomic E-state index is 12.9. The second-order valence-corrected chi connectivity index (χ2v) is 5.44. The number of aliphatic hydroxyl groups excluding tert-OH is 1. The van der Waals surface area contributed by atoms with Crippen LogP contribution in [0.2, 0.25) is 0 Å². The number of nitrogens with one attached hydrogen (secondary N) is 1. The highest BCUT2D eigenvalue weighted by Crippen LogP contribution is 2.32. The van der Waals surface area contributed by atoms with Crippen molar-refractivity contribution in [2.75, 3.05) is 6.61 Å². The lowest BCUT2D eigenvalue weighted by Gasteiger charge is -2.28. The lowest BCUT2D eigenvalue weighted by atomic mass is 9.86. The van der Waals surface area contributed by atoms with Gasteiger partial charge in [-0.15, -0.1) is 0 Å². The Morgan fingerprint density at radius 3 is 2.35 bits per heavy atom. The minimum atomic E-state index is -4.30. The summed E-state index contributed by atoms with van der Waals surface area (Å²) in [5.74, 6) is 0.357. The molecule has 0 saturated heterocycles. The number of hydrogen-bond donors (Lipinski definition) is 2. The van der Waals surface area contributed by atoms with Crippen molar-refractivity contribution in [2.24, 2.45) is 5.92 Å². The molecular formula is C15H20F3NO. The molecule has 0 atom stereocenters. The molecule has 1 saturated carbocycles. The molecule has 0 unspecified atom stereocenters. The predicted octanol–water partition coefficient (Wildman–Crippen LogP) is 3.35. The molecular weight excluding hydrogens is 267 g/mol. The summed E-state index contributed by atoms with van der Waals surface area (Å²) >= 11 is 0. The summed E-state index contributed by atoms with van der Waals surface area (Å²) in [4.78, 5) is 0. The van der Waals surface area contributed by atoms with Gasteiger partial charge in [-0.2, -0.15) is 13.2 Å². The Morgan fingerprint density at radius 2 is 1.75 bits per heavy atom. The average molecular weight is 287 g/mol. The molecule has 20 heavy (non-hydrogen) atoms. The van der Waals surface area contributed by atoms with Gasteiger partial charge in [0.05, 0.1) is 5.56 Å². The zero-order valence-corrected chi connectivity index (χ0v) is 11.3. The van der Waals surface area contributed by atoms with Crippen molar-refractivity contribution in [1.82, 2.24) is 5.32 Å². The van der Waals surface area contributed by atoms with E-state index in [0.29, 0.717) is 11.5 Å². The van der Waals surface area contributed by atoms with Gasteiger partial charge >= 0.3 is 6.18 Å². The Labute approximate surface area is 117 Å². The number of alkyl halides is 3. The SMILES string of the molecule is OCC1CCC(NCc2ccccc2C(F)(F)F)CC1. The Morgan fingerprint density at radius 1 is 1.10 bits per heavy atom. The molecule has 2 rings (SSSR count). The summed E-state index contributed by atoms with van der Waals surface area (Å²) in [7, 11) is 0. The topological polar surface area (TPSA) is 32.3 Å². The van der Waals surface area contributed by atoms with Gasteiger partial charge in [0.2, 0.25) is 0 Å². The molecule has 1 fully saturated rings. The number of aliphatic hydroxyl groups is 1. The summed E-state index contributed by atoms with van der Waals surface area (Å²) in [5, 5.41) is 12.3.